The van der Waals surface area contributed by atoms with Crippen molar-refractivity contribution in [3.8, 4) is 0 Å². The highest BCUT2D eigenvalue weighted by Crippen LogP contribution is 2.31. The number of nitrogens with one attached hydrogen (secondary N) is 1. The molecule has 1 unspecified atom stereocenters. The third-order valence-corrected chi connectivity index (χ3v) is 5.21. The third-order valence-electron chi connectivity index (χ3n) is 5.21. The molecule has 146 valence electrons. The highest BCUT2D eigenvalue weighted by Gasteiger charge is 2.27. The number of hydrogen-bond donors (Lipinski definition) is 1. The summed E-state index contributed by atoms with van der Waals surface area (Å²) < 4.78 is 0. The van der Waals surface area contributed by atoms with Crippen molar-refractivity contribution in [1.29, 1.82) is 0 Å². The van der Waals surface area contributed by atoms with Gasteiger partial charge in [-0.25, -0.2) is 9.97 Å². The number of aryl methyl sites for hydroxylation is 1. The van der Waals surface area contributed by atoms with Gasteiger partial charge in [-0.05, 0) is 57.4 Å². The van der Waals surface area contributed by atoms with E-state index in [1.54, 1.807) is 6.20 Å². The summed E-state index contributed by atoms with van der Waals surface area (Å²) in [6.45, 7) is 4.87. The van der Waals surface area contributed by atoms with Gasteiger partial charge in [0.05, 0.1) is 11.3 Å². The van der Waals surface area contributed by atoms with Gasteiger partial charge in [0.25, 0.3) is 5.91 Å². The van der Waals surface area contributed by atoms with E-state index in [1.807, 2.05) is 54.3 Å². The van der Waals surface area contributed by atoms with E-state index >= 15 is 0 Å². The summed E-state index contributed by atoms with van der Waals surface area (Å²) in [7, 11) is 0. The van der Waals surface area contributed by atoms with Crippen LogP contribution >= 0.6 is 12.4 Å². The first-order valence-corrected chi connectivity index (χ1v) is 9.53. The largest absolute Gasteiger partial charge is 0.354 e. The number of carbonyl (C=O) groups is 1. The number of halogens is 1. The maximum Gasteiger partial charge on any atom is 0.257 e. The molecule has 0 bridgehead atoms. The molecule has 1 aliphatic rings. The van der Waals surface area contributed by atoms with Gasteiger partial charge < -0.3 is 10.2 Å². The number of hydrogen-bond acceptors (Lipinski definition) is 4. The van der Waals surface area contributed by atoms with Gasteiger partial charge in [-0.3, -0.25) is 4.79 Å². The lowest BCUT2D eigenvalue weighted by atomic mass is 10.0. The first-order valence-electron chi connectivity index (χ1n) is 9.53. The number of para-hydroxylation sites is 1. The molecule has 28 heavy (non-hydrogen) atoms. The fourth-order valence-electron chi connectivity index (χ4n) is 3.69. The van der Waals surface area contributed by atoms with Crippen molar-refractivity contribution in [3.05, 3.63) is 59.9 Å². The molecule has 0 spiro atoms. The van der Waals surface area contributed by atoms with Gasteiger partial charge in [0.15, 0.2) is 5.65 Å². The fraction of sp³-hybridized carbons (Fsp3) is 0.318. The Balaban J connectivity index is 0.00000225. The second-order valence-corrected chi connectivity index (χ2v) is 7.21. The molecule has 1 aliphatic heterocycles. The zero-order valence-corrected chi connectivity index (χ0v) is 17.0. The van der Waals surface area contributed by atoms with Crippen molar-refractivity contribution in [2.75, 3.05) is 11.9 Å². The minimum atomic E-state index is 0. The van der Waals surface area contributed by atoms with Crippen LogP contribution in [0.4, 0.5) is 11.4 Å². The second-order valence-electron chi connectivity index (χ2n) is 7.21. The van der Waals surface area contributed by atoms with Gasteiger partial charge in [-0.1, -0.05) is 18.2 Å². The number of aromatic nitrogens is 2. The molecule has 3 aromatic rings. The normalized spacial score (nSPS) is 16.5. The predicted molar refractivity (Wildman–Crippen MR) is 116 cm³/mol. The summed E-state index contributed by atoms with van der Waals surface area (Å²) in [6, 6.07) is 14.1. The van der Waals surface area contributed by atoms with Crippen LogP contribution in [0.5, 0.6) is 0 Å². The number of amides is 1. The van der Waals surface area contributed by atoms with Gasteiger partial charge >= 0.3 is 0 Å². The predicted octanol–water partition coefficient (Wildman–Crippen LogP) is 5.12. The lowest BCUT2D eigenvalue weighted by molar-refractivity contribution is 0.0636. The van der Waals surface area contributed by atoms with Gasteiger partial charge in [-0.15, -0.1) is 12.4 Å². The molecular weight excluding hydrogens is 372 g/mol. The molecule has 2 aromatic heterocycles. The summed E-state index contributed by atoms with van der Waals surface area (Å²) in [6.07, 6.45) is 4.96. The first-order chi connectivity index (χ1) is 13.1. The Bertz CT molecular complexity index is 977. The number of carbonyl (C=O) groups excluding carboxylic acids is 1. The van der Waals surface area contributed by atoms with Crippen LogP contribution in [0.15, 0.2) is 48.7 Å². The summed E-state index contributed by atoms with van der Waals surface area (Å²) in [5.41, 5.74) is 3.87. The van der Waals surface area contributed by atoms with E-state index < -0.39 is 0 Å². The smallest absolute Gasteiger partial charge is 0.257 e. The van der Waals surface area contributed by atoms with E-state index in [1.165, 1.54) is 6.42 Å². The van der Waals surface area contributed by atoms with E-state index in [0.29, 0.717) is 11.2 Å². The van der Waals surface area contributed by atoms with E-state index in [9.17, 15) is 4.79 Å². The average Bonchev–Trinajstić information content (AvgIpc) is 2.68. The molecule has 3 heterocycles. The van der Waals surface area contributed by atoms with E-state index in [4.69, 9.17) is 0 Å². The summed E-state index contributed by atoms with van der Waals surface area (Å²) in [5, 5.41) is 4.30. The standard InChI is InChI=1S/C22H24N4O.ClH/c1-15-11-12-18-20(25-17-9-4-3-5-10-17)19(14-23-21(18)24-15)22(27)26-13-7-6-8-16(26)2;/h3-5,9-12,14,16H,6-8,13H2,1-2H3,(H,23,24,25);1H. The molecule has 1 N–H and O–H groups in total. The molecular formula is C22H25ClN4O. The zero-order valence-electron chi connectivity index (χ0n) is 16.2. The van der Waals surface area contributed by atoms with E-state index in [2.05, 4.69) is 22.2 Å². The maximum atomic E-state index is 13.4. The van der Waals surface area contributed by atoms with Crippen LogP contribution in [0.25, 0.3) is 11.0 Å². The average molecular weight is 397 g/mol. The van der Waals surface area contributed by atoms with Crippen LogP contribution in [0, 0.1) is 6.92 Å². The number of benzene rings is 1. The van der Waals surface area contributed by atoms with Crippen LogP contribution in [0.2, 0.25) is 0 Å². The summed E-state index contributed by atoms with van der Waals surface area (Å²) >= 11 is 0. The van der Waals surface area contributed by atoms with Crippen molar-refractivity contribution < 1.29 is 4.79 Å². The highest BCUT2D eigenvalue weighted by molar-refractivity contribution is 6.07. The Morgan fingerprint density at radius 3 is 2.68 bits per heavy atom. The number of rotatable bonds is 3. The number of piperidine rings is 1. The highest BCUT2D eigenvalue weighted by atomic mass is 35.5. The topological polar surface area (TPSA) is 58.1 Å². The van der Waals surface area contributed by atoms with Crippen molar-refractivity contribution in [3.63, 3.8) is 0 Å². The van der Waals surface area contributed by atoms with Gasteiger partial charge in [0.2, 0.25) is 0 Å². The van der Waals surface area contributed by atoms with Crippen molar-refractivity contribution in [1.82, 2.24) is 14.9 Å². The summed E-state index contributed by atoms with van der Waals surface area (Å²) in [4.78, 5) is 24.4. The molecule has 4 rings (SSSR count). The van der Waals surface area contributed by atoms with Gasteiger partial charge in [0, 0.05) is 35.6 Å². The van der Waals surface area contributed by atoms with Crippen LogP contribution in [-0.4, -0.2) is 33.4 Å². The molecule has 1 atom stereocenters. The number of fused-ring (bicyclic) bond motifs is 1. The van der Waals surface area contributed by atoms with Gasteiger partial charge in [0.1, 0.15) is 0 Å². The number of likely N-dealkylation sites (tertiary alicyclic amines) is 1. The zero-order chi connectivity index (χ0) is 18.8. The Morgan fingerprint density at radius 2 is 1.93 bits per heavy atom. The molecule has 1 saturated heterocycles. The van der Waals surface area contributed by atoms with Crippen molar-refractivity contribution in [2.24, 2.45) is 0 Å². The molecule has 0 saturated carbocycles. The van der Waals surface area contributed by atoms with Crippen LogP contribution in [0.3, 0.4) is 0 Å². The Morgan fingerprint density at radius 1 is 1.14 bits per heavy atom. The lowest BCUT2D eigenvalue weighted by Crippen LogP contribution is -2.42. The fourth-order valence-corrected chi connectivity index (χ4v) is 3.69. The van der Waals surface area contributed by atoms with Crippen molar-refractivity contribution >= 4 is 40.7 Å². The van der Waals surface area contributed by atoms with Crippen LogP contribution < -0.4 is 5.32 Å². The monoisotopic (exact) mass is 396 g/mol. The van der Waals surface area contributed by atoms with Crippen LogP contribution in [0.1, 0.15) is 42.2 Å². The van der Waals surface area contributed by atoms with E-state index in [-0.39, 0.29) is 24.4 Å². The summed E-state index contributed by atoms with van der Waals surface area (Å²) in [5.74, 6) is 0.0376. The molecule has 1 aromatic carbocycles. The maximum absolute atomic E-state index is 13.4. The number of pyridine rings is 2. The minimum absolute atomic E-state index is 0. The quantitative estimate of drug-likeness (QED) is 0.667. The Kier molecular flexibility index (Phi) is 6.15. The first kappa shape index (κ1) is 20.1. The lowest BCUT2D eigenvalue weighted by Gasteiger charge is -2.34. The van der Waals surface area contributed by atoms with Gasteiger partial charge in [-0.2, -0.15) is 0 Å². The molecule has 1 fully saturated rings. The second kappa shape index (κ2) is 8.57. The Labute approximate surface area is 171 Å². The number of nitrogens with zero attached hydrogens (tertiary/aromatic N) is 3. The number of anilines is 2. The molecule has 0 radical (unpaired) electrons. The molecule has 1 amide bonds. The SMILES string of the molecule is Cc1ccc2c(Nc3ccccc3)c(C(=O)N3CCCCC3C)cnc2n1.Cl. The molecule has 6 heteroatoms. The van der Waals surface area contributed by atoms with Crippen LogP contribution in [-0.2, 0) is 0 Å². The molecule has 5 nitrogen and oxygen atoms in total. The van der Waals surface area contributed by atoms with E-state index in [0.717, 1.165) is 41.8 Å². The third kappa shape index (κ3) is 3.94. The molecule has 0 aliphatic carbocycles. The minimum Gasteiger partial charge on any atom is -0.354 e. The Hall–Kier alpha value is -2.66. The van der Waals surface area contributed by atoms with Crippen molar-refractivity contribution in [2.45, 2.75) is 39.2 Å².